The van der Waals surface area contributed by atoms with Gasteiger partial charge in [0.1, 0.15) is 0 Å². The van der Waals surface area contributed by atoms with Crippen molar-refractivity contribution in [2.45, 2.75) is 37.1 Å². The average Bonchev–Trinajstić information content (AvgIpc) is 3.02. The molecule has 2 aliphatic rings. The van der Waals surface area contributed by atoms with Crippen LogP contribution >= 0.6 is 31.9 Å². The first-order chi connectivity index (χ1) is 13.8. The van der Waals surface area contributed by atoms with Crippen molar-refractivity contribution >= 4 is 53.5 Å². The SMILES string of the molecule is C[C@H]1Cc2cc(Br)ccc2N1C(=O)C1CCN(S(=O)(=O)c2ccc(Br)cc2)CC1. The number of hydrogen-bond donors (Lipinski definition) is 0. The van der Waals surface area contributed by atoms with E-state index in [9.17, 15) is 13.2 Å². The molecule has 0 aromatic heterocycles. The summed E-state index contributed by atoms with van der Waals surface area (Å²) < 4.78 is 29.1. The molecule has 0 N–H and O–H groups in total. The van der Waals surface area contributed by atoms with Crippen molar-refractivity contribution in [1.82, 2.24) is 4.31 Å². The third-order valence-electron chi connectivity index (χ3n) is 5.75. The van der Waals surface area contributed by atoms with Crippen molar-refractivity contribution in [2.24, 2.45) is 5.92 Å². The number of hydrogen-bond acceptors (Lipinski definition) is 3. The van der Waals surface area contributed by atoms with Crippen LogP contribution in [-0.4, -0.2) is 37.8 Å². The molecule has 0 spiro atoms. The minimum Gasteiger partial charge on any atom is -0.309 e. The van der Waals surface area contributed by atoms with Crippen LogP contribution in [0.2, 0.25) is 0 Å². The molecule has 1 fully saturated rings. The van der Waals surface area contributed by atoms with Gasteiger partial charge < -0.3 is 4.90 Å². The van der Waals surface area contributed by atoms with Gasteiger partial charge in [-0.3, -0.25) is 4.79 Å². The average molecular weight is 542 g/mol. The van der Waals surface area contributed by atoms with Gasteiger partial charge in [-0.25, -0.2) is 8.42 Å². The molecule has 0 radical (unpaired) electrons. The van der Waals surface area contributed by atoms with E-state index in [0.717, 1.165) is 21.1 Å². The number of benzene rings is 2. The van der Waals surface area contributed by atoms with Gasteiger partial charge in [-0.1, -0.05) is 31.9 Å². The first-order valence-corrected chi connectivity index (χ1v) is 12.7. The molecule has 29 heavy (non-hydrogen) atoms. The summed E-state index contributed by atoms with van der Waals surface area (Å²) in [5.41, 5.74) is 2.16. The first-order valence-electron chi connectivity index (χ1n) is 9.64. The molecule has 2 aromatic carbocycles. The van der Waals surface area contributed by atoms with Gasteiger partial charge in [0.15, 0.2) is 0 Å². The van der Waals surface area contributed by atoms with Crippen LogP contribution < -0.4 is 4.90 Å². The highest BCUT2D eigenvalue weighted by Gasteiger charge is 2.38. The Labute approximate surface area is 188 Å². The fraction of sp³-hybridized carbons (Fsp3) is 0.381. The van der Waals surface area contributed by atoms with Crippen molar-refractivity contribution in [1.29, 1.82) is 0 Å². The number of amides is 1. The van der Waals surface area contributed by atoms with Gasteiger partial charge in [-0.2, -0.15) is 4.31 Å². The van der Waals surface area contributed by atoms with Gasteiger partial charge >= 0.3 is 0 Å². The summed E-state index contributed by atoms with van der Waals surface area (Å²) in [6.45, 7) is 2.80. The quantitative estimate of drug-likeness (QED) is 0.571. The van der Waals surface area contributed by atoms with Gasteiger partial charge in [0.2, 0.25) is 15.9 Å². The van der Waals surface area contributed by atoms with E-state index in [0.29, 0.717) is 25.9 Å². The third kappa shape index (κ3) is 4.04. The lowest BCUT2D eigenvalue weighted by Gasteiger charge is -2.34. The van der Waals surface area contributed by atoms with E-state index in [2.05, 4.69) is 44.8 Å². The Bertz CT molecular complexity index is 1030. The molecule has 2 aliphatic heterocycles. The van der Waals surface area contributed by atoms with Gasteiger partial charge in [-0.05, 0) is 74.2 Å². The second-order valence-electron chi connectivity index (χ2n) is 7.67. The molecule has 1 amide bonds. The van der Waals surface area contributed by atoms with Crippen molar-refractivity contribution in [2.75, 3.05) is 18.0 Å². The normalized spacial score (nSPS) is 20.7. The summed E-state index contributed by atoms with van der Waals surface area (Å²) in [6.07, 6.45) is 1.94. The van der Waals surface area contributed by atoms with Crippen molar-refractivity contribution < 1.29 is 13.2 Å². The number of fused-ring (bicyclic) bond motifs is 1. The van der Waals surface area contributed by atoms with Gasteiger partial charge in [0, 0.05) is 39.7 Å². The fourth-order valence-corrected chi connectivity index (χ4v) is 6.37. The van der Waals surface area contributed by atoms with E-state index < -0.39 is 10.0 Å². The summed E-state index contributed by atoms with van der Waals surface area (Å²) >= 11 is 6.83. The van der Waals surface area contributed by atoms with E-state index in [1.165, 1.54) is 9.87 Å². The maximum atomic E-state index is 13.3. The van der Waals surface area contributed by atoms with E-state index in [1.807, 2.05) is 17.0 Å². The highest BCUT2D eigenvalue weighted by molar-refractivity contribution is 9.10. The summed E-state index contributed by atoms with van der Waals surface area (Å²) in [4.78, 5) is 15.5. The molecule has 2 heterocycles. The lowest BCUT2D eigenvalue weighted by atomic mass is 9.96. The minimum atomic E-state index is -3.53. The monoisotopic (exact) mass is 540 g/mol. The molecule has 154 valence electrons. The number of nitrogens with zero attached hydrogens (tertiary/aromatic N) is 2. The van der Waals surface area contributed by atoms with Crippen LogP contribution in [0.3, 0.4) is 0 Å². The van der Waals surface area contributed by atoms with E-state index >= 15 is 0 Å². The Kier molecular flexibility index (Phi) is 5.90. The van der Waals surface area contributed by atoms with Gasteiger partial charge in [0.25, 0.3) is 0 Å². The number of rotatable bonds is 3. The maximum absolute atomic E-state index is 13.3. The summed E-state index contributed by atoms with van der Waals surface area (Å²) in [5, 5.41) is 0. The Morgan fingerprint density at radius 1 is 1.00 bits per heavy atom. The topological polar surface area (TPSA) is 57.7 Å². The molecule has 1 saturated heterocycles. The maximum Gasteiger partial charge on any atom is 0.243 e. The zero-order valence-electron chi connectivity index (χ0n) is 16.0. The molecular weight excluding hydrogens is 520 g/mol. The molecule has 1 atom stereocenters. The number of halogens is 2. The van der Waals surface area contributed by atoms with Crippen LogP contribution in [0.25, 0.3) is 0 Å². The number of carbonyl (C=O) groups is 1. The predicted molar refractivity (Wildman–Crippen MR) is 120 cm³/mol. The molecule has 5 nitrogen and oxygen atoms in total. The smallest absolute Gasteiger partial charge is 0.243 e. The number of anilines is 1. The van der Waals surface area contributed by atoms with Crippen molar-refractivity contribution in [3.63, 3.8) is 0 Å². The fourth-order valence-electron chi connectivity index (χ4n) is 4.23. The number of sulfonamides is 1. The Hall–Kier alpha value is -1.22. The van der Waals surface area contributed by atoms with E-state index in [-0.39, 0.29) is 22.8 Å². The molecule has 0 unspecified atom stereocenters. The number of carbonyl (C=O) groups excluding carboxylic acids is 1. The second-order valence-corrected chi connectivity index (χ2v) is 11.4. The zero-order valence-corrected chi connectivity index (χ0v) is 20.0. The van der Waals surface area contributed by atoms with Crippen molar-refractivity contribution in [3.05, 3.63) is 57.0 Å². The minimum absolute atomic E-state index is 0.110. The molecule has 4 rings (SSSR count). The van der Waals surface area contributed by atoms with Crippen LogP contribution in [-0.2, 0) is 21.2 Å². The van der Waals surface area contributed by atoms with Gasteiger partial charge in [-0.15, -0.1) is 0 Å². The van der Waals surface area contributed by atoms with E-state index in [4.69, 9.17) is 0 Å². The summed E-state index contributed by atoms with van der Waals surface area (Å²) in [6, 6.07) is 12.8. The first kappa shape index (κ1) is 21.0. The third-order valence-corrected chi connectivity index (χ3v) is 8.68. The zero-order chi connectivity index (χ0) is 20.8. The van der Waals surface area contributed by atoms with Crippen LogP contribution in [0.1, 0.15) is 25.3 Å². The molecule has 2 aromatic rings. The van der Waals surface area contributed by atoms with E-state index in [1.54, 1.807) is 24.3 Å². The lowest BCUT2D eigenvalue weighted by molar-refractivity contribution is -0.123. The lowest BCUT2D eigenvalue weighted by Crippen LogP contribution is -2.46. The molecule has 0 bridgehead atoms. The number of piperidine rings is 1. The van der Waals surface area contributed by atoms with Crippen molar-refractivity contribution in [3.8, 4) is 0 Å². The Morgan fingerprint density at radius 3 is 2.28 bits per heavy atom. The van der Waals surface area contributed by atoms with Gasteiger partial charge in [0.05, 0.1) is 4.90 Å². The predicted octanol–water partition coefficient (Wildman–Crippen LogP) is 4.59. The highest BCUT2D eigenvalue weighted by Crippen LogP contribution is 2.36. The van der Waals surface area contributed by atoms with Crippen LogP contribution in [0, 0.1) is 5.92 Å². The van der Waals surface area contributed by atoms with Crippen LogP contribution in [0.4, 0.5) is 5.69 Å². The van der Waals surface area contributed by atoms with Crippen LogP contribution in [0.5, 0.6) is 0 Å². The standard InChI is InChI=1S/C21H22Br2N2O3S/c1-14-12-16-13-18(23)4-7-20(16)25(14)21(26)15-8-10-24(11-9-15)29(27,28)19-5-2-17(22)3-6-19/h2-7,13-15H,8-12H2,1H3/t14-/m0/s1. The molecule has 8 heteroatoms. The second kappa shape index (κ2) is 8.13. The summed E-state index contributed by atoms with van der Waals surface area (Å²) in [5.74, 6) is -0.0392. The highest BCUT2D eigenvalue weighted by atomic mass is 79.9. The molecule has 0 aliphatic carbocycles. The molecule has 0 saturated carbocycles. The molecular formula is C21H22Br2N2O3S. The Balaban J connectivity index is 1.46. The Morgan fingerprint density at radius 2 is 1.62 bits per heavy atom. The van der Waals surface area contributed by atoms with Crippen LogP contribution in [0.15, 0.2) is 56.3 Å². The summed E-state index contributed by atoms with van der Waals surface area (Å²) in [7, 11) is -3.53. The largest absolute Gasteiger partial charge is 0.309 e.